The summed E-state index contributed by atoms with van der Waals surface area (Å²) in [7, 11) is 1.37. The smallest absolute Gasteiger partial charge is 0.262 e. The van der Waals surface area contributed by atoms with Crippen LogP contribution in [0.3, 0.4) is 0 Å². The molecule has 2 rings (SSSR count). The Labute approximate surface area is 90.4 Å². The predicted molar refractivity (Wildman–Crippen MR) is 53.6 cm³/mol. The Morgan fingerprint density at radius 2 is 2.13 bits per heavy atom. The Kier molecular flexibility index (Phi) is 2.32. The molecular formula is C8H6ClNO4S. The average molecular weight is 248 g/mol. The standard InChI is InChI=1S/C8H6ClNO4S/c9-15(12,13)5-1-2-7-6(3-5)10-8(11)4-14-7/h1-3H,4H2,(H,10,11). The summed E-state index contributed by atoms with van der Waals surface area (Å²) in [6.07, 6.45) is 0. The first kappa shape index (κ1) is 10.3. The first-order chi connectivity index (χ1) is 6.97. The van der Waals surface area contributed by atoms with E-state index >= 15 is 0 Å². The van der Waals surface area contributed by atoms with E-state index in [-0.39, 0.29) is 17.4 Å². The molecule has 1 N–H and O–H groups in total. The molecule has 15 heavy (non-hydrogen) atoms. The molecule has 0 aromatic heterocycles. The summed E-state index contributed by atoms with van der Waals surface area (Å²) in [5, 5.41) is 2.49. The van der Waals surface area contributed by atoms with Gasteiger partial charge in [-0.25, -0.2) is 8.42 Å². The van der Waals surface area contributed by atoms with E-state index in [2.05, 4.69) is 5.32 Å². The minimum absolute atomic E-state index is 0.0695. The van der Waals surface area contributed by atoms with Crippen LogP contribution in [0, 0.1) is 0 Å². The summed E-state index contributed by atoms with van der Waals surface area (Å²) in [6.45, 7) is -0.0695. The molecule has 0 atom stereocenters. The number of halogens is 1. The second-order valence-corrected chi connectivity index (χ2v) is 5.50. The minimum atomic E-state index is -3.79. The molecule has 1 aliphatic heterocycles. The molecule has 0 aliphatic carbocycles. The molecule has 80 valence electrons. The van der Waals surface area contributed by atoms with Gasteiger partial charge in [-0.15, -0.1) is 0 Å². The van der Waals surface area contributed by atoms with Gasteiger partial charge >= 0.3 is 0 Å². The van der Waals surface area contributed by atoms with Crippen LogP contribution >= 0.6 is 10.7 Å². The van der Waals surface area contributed by atoms with Crippen molar-refractivity contribution >= 4 is 31.3 Å². The van der Waals surface area contributed by atoms with E-state index in [0.717, 1.165) is 0 Å². The van der Waals surface area contributed by atoms with Gasteiger partial charge in [0, 0.05) is 10.7 Å². The van der Waals surface area contributed by atoms with E-state index in [1.54, 1.807) is 0 Å². The van der Waals surface area contributed by atoms with Crippen molar-refractivity contribution < 1.29 is 17.9 Å². The van der Waals surface area contributed by atoms with Crippen LogP contribution in [-0.2, 0) is 13.8 Å². The largest absolute Gasteiger partial charge is 0.482 e. The van der Waals surface area contributed by atoms with Crippen LogP contribution in [0.5, 0.6) is 5.75 Å². The molecule has 1 aromatic rings. The number of hydrogen-bond acceptors (Lipinski definition) is 4. The highest BCUT2D eigenvalue weighted by Gasteiger charge is 2.19. The van der Waals surface area contributed by atoms with Gasteiger partial charge in [-0.1, -0.05) is 0 Å². The molecular weight excluding hydrogens is 242 g/mol. The third-order valence-electron chi connectivity index (χ3n) is 1.87. The maximum atomic E-state index is 11.0. The van der Waals surface area contributed by atoms with E-state index in [1.807, 2.05) is 0 Å². The van der Waals surface area contributed by atoms with Crippen LogP contribution in [0.2, 0.25) is 0 Å². The maximum absolute atomic E-state index is 11.0. The van der Waals surface area contributed by atoms with Crippen molar-refractivity contribution in [3.8, 4) is 5.75 Å². The van der Waals surface area contributed by atoms with E-state index in [9.17, 15) is 13.2 Å². The van der Waals surface area contributed by atoms with E-state index in [4.69, 9.17) is 15.4 Å². The molecule has 0 saturated heterocycles. The fraction of sp³-hybridized carbons (Fsp3) is 0.125. The Bertz CT molecular complexity index is 525. The Morgan fingerprint density at radius 1 is 1.40 bits per heavy atom. The first-order valence-electron chi connectivity index (χ1n) is 3.98. The zero-order valence-electron chi connectivity index (χ0n) is 7.36. The zero-order valence-corrected chi connectivity index (χ0v) is 8.93. The monoisotopic (exact) mass is 247 g/mol. The lowest BCUT2D eigenvalue weighted by Crippen LogP contribution is -2.25. The normalized spacial score (nSPS) is 15.1. The number of amides is 1. The number of hydrogen-bond donors (Lipinski definition) is 1. The molecule has 1 heterocycles. The van der Waals surface area contributed by atoms with Crippen LogP contribution in [-0.4, -0.2) is 20.9 Å². The van der Waals surface area contributed by atoms with Gasteiger partial charge in [0.05, 0.1) is 10.6 Å². The van der Waals surface area contributed by atoms with Gasteiger partial charge in [0.2, 0.25) is 0 Å². The first-order valence-corrected chi connectivity index (χ1v) is 6.29. The van der Waals surface area contributed by atoms with Crippen molar-refractivity contribution in [2.75, 3.05) is 11.9 Å². The molecule has 5 nitrogen and oxygen atoms in total. The van der Waals surface area contributed by atoms with Gasteiger partial charge < -0.3 is 10.1 Å². The fourth-order valence-electron chi connectivity index (χ4n) is 1.21. The second-order valence-electron chi connectivity index (χ2n) is 2.93. The average Bonchev–Trinajstić information content (AvgIpc) is 2.15. The highest BCUT2D eigenvalue weighted by molar-refractivity contribution is 8.13. The number of carbonyl (C=O) groups is 1. The molecule has 1 aliphatic rings. The highest BCUT2D eigenvalue weighted by Crippen LogP contribution is 2.30. The molecule has 0 bridgehead atoms. The highest BCUT2D eigenvalue weighted by atomic mass is 35.7. The van der Waals surface area contributed by atoms with Gasteiger partial charge in [0.15, 0.2) is 6.61 Å². The Morgan fingerprint density at radius 3 is 2.80 bits per heavy atom. The topological polar surface area (TPSA) is 72.5 Å². The van der Waals surface area contributed by atoms with E-state index in [0.29, 0.717) is 11.4 Å². The summed E-state index contributed by atoms with van der Waals surface area (Å²) >= 11 is 0. The third kappa shape index (κ3) is 2.05. The van der Waals surface area contributed by atoms with Crippen LogP contribution in [0.1, 0.15) is 0 Å². The summed E-state index contributed by atoms with van der Waals surface area (Å²) in [5.74, 6) is 0.102. The second kappa shape index (κ2) is 3.39. The Balaban J connectivity index is 2.50. The number of carbonyl (C=O) groups excluding carboxylic acids is 1. The van der Waals surface area contributed by atoms with Gasteiger partial charge in [-0.05, 0) is 18.2 Å². The lowest BCUT2D eigenvalue weighted by atomic mass is 10.2. The van der Waals surface area contributed by atoms with Gasteiger partial charge in [0.25, 0.3) is 15.0 Å². The van der Waals surface area contributed by atoms with Gasteiger partial charge in [0.1, 0.15) is 5.75 Å². The minimum Gasteiger partial charge on any atom is -0.482 e. The van der Waals surface area contributed by atoms with Crippen LogP contribution in [0.4, 0.5) is 5.69 Å². The lowest BCUT2D eigenvalue weighted by molar-refractivity contribution is -0.118. The van der Waals surface area contributed by atoms with Crippen LogP contribution in [0.15, 0.2) is 23.1 Å². The van der Waals surface area contributed by atoms with Crippen molar-refractivity contribution in [3.05, 3.63) is 18.2 Å². The van der Waals surface area contributed by atoms with E-state index in [1.165, 1.54) is 18.2 Å². The number of benzene rings is 1. The molecule has 0 unspecified atom stereocenters. The lowest BCUT2D eigenvalue weighted by Gasteiger charge is -2.17. The number of rotatable bonds is 1. The summed E-state index contributed by atoms with van der Waals surface area (Å²) < 4.78 is 27.1. The molecule has 0 saturated carbocycles. The van der Waals surface area contributed by atoms with Gasteiger partial charge in [-0.3, -0.25) is 4.79 Å². The molecule has 0 spiro atoms. The Hall–Kier alpha value is -1.27. The fourth-order valence-corrected chi connectivity index (χ4v) is 1.99. The summed E-state index contributed by atoms with van der Waals surface area (Å²) in [4.78, 5) is 10.9. The molecule has 0 fully saturated rings. The number of fused-ring (bicyclic) bond motifs is 1. The molecule has 1 aromatic carbocycles. The number of anilines is 1. The van der Waals surface area contributed by atoms with Crippen molar-refractivity contribution in [1.29, 1.82) is 0 Å². The summed E-state index contributed by atoms with van der Waals surface area (Å²) in [5.41, 5.74) is 0.313. The zero-order chi connectivity index (χ0) is 11.1. The molecule has 7 heteroatoms. The summed E-state index contributed by atoms with van der Waals surface area (Å²) in [6, 6.07) is 4.03. The SMILES string of the molecule is O=C1COc2ccc(S(=O)(=O)Cl)cc2N1. The van der Waals surface area contributed by atoms with E-state index < -0.39 is 9.05 Å². The van der Waals surface area contributed by atoms with Gasteiger partial charge in [-0.2, -0.15) is 0 Å². The molecule has 0 radical (unpaired) electrons. The van der Waals surface area contributed by atoms with Crippen molar-refractivity contribution in [3.63, 3.8) is 0 Å². The third-order valence-corrected chi connectivity index (χ3v) is 3.22. The molecule has 1 amide bonds. The van der Waals surface area contributed by atoms with Crippen molar-refractivity contribution in [2.24, 2.45) is 0 Å². The maximum Gasteiger partial charge on any atom is 0.262 e. The van der Waals surface area contributed by atoms with Crippen molar-refractivity contribution in [2.45, 2.75) is 4.90 Å². The van der Waals surface area contributed by atoms with Crippen LogP contribution in [0.25, 0.3) is 0 Å². The predicted octanol–water partition coefficient (Wildman–Crippen LogP) is 0.945. The van der Waals surface area contributed by atoms with Crippen LogP contribution < -0.4 is 10.1 Å². The number of nitrogens with one attached hydrogen (secondary N) is 1. The van der Waals surface area contributed by atoms with Crippen molar-refractivity contribution in [1.82, 2.24) is 0 Å². The quantitative estimate of drug-likeness (QED) is 0.750. The number of ether oxygens (including phenoxy) is 1.